The van der Waals surface area contributed by atoms with Gasteiger partial charge < -0.3 is 19.4 Å². The van der Waals surface area contributed by atoms with Gasteiger partial charge in [0.05, 0.1) is 33.8 Å². The van der Waals surface area contributed by atoms with Crippen molar-refractivity contribution >= 4 is 19.7 Å². The van der Waals surface area contributed by atoms with Crippen molar-refractivity contribution in [2.45, 2.75) is 296 Å². The van der Waals surface area contributed by atoms with Gasteiger partial charge in [0.15, 0.2) is 0 Å². The van der Waals surface area contributed by atoms with Crippen molar-refractivity contribution in [1.82, 2.24) is 5.32 Å². The molecule has 10 heteroatoms. The summed E-state index contributed by atoms with van der Waals surface area (Å²) in [6.07, 6.45) is 71.7. The number of quaternary nitrogens is 1. The monoisotopic (exact) mass is 1090 g/mol. The molecule has 76 heavy (non-hydrogen) atoms. The van der Waals surface area contributed by atoms with Crippen molar-refractivity contribution in [3.8, 4) is 0 Å². The van der Waals surface area contributed by atoms with Crippen molar-refractivity contribution in [3.63, 3.8) is 0 Å². The summed E-state index contributed by atoms with van der Waals surface area (Å²) in [6.45, 7) is 6.96. The first-order chi connectivity index (χ1) is 36.9. The minimum absolute atomic E-state index is 0.0352. The predicted octanol–water partition coefficient (Wildman–Crippen LogP) is 19.6. The molecule has 0 heterocycles. The van der Waals surface area contributed by atoms with Crippen LogP contribution in [0.4, 0.5) is 0 Å². The molecule has 0 aliphatic rings. The summed E-state index contributed by atoms with van der Waals surface area (Å²) in [5.41, 5.74) is 0. The standard InChI is InChI=1S/C66H121N2O7P/c1-7-10-13-16-19-22-25-28-30-32-33-34-35-37-38-40-43-46-49-52-55-58-65(69)67-63(62-74-76(71,72)73-61-60-68(4,5)6)64(57-54-51-48-45-42-27-24-21-18-15-12-9-3)75-66(70)59-56-53-50-47-44-41-39-36-31-29-26-23-20-17-14-11-8-2/h19-20,22-23,28-31,33-34,54,57,63-64H,7-18,21,24-27,32,35-53,55-56,58-62H2,1-6H3,(H-,67,69,71,72)/p+1/b22-19-,23-20-,30-28-,31-29-,34-33-,57-54-. The fourth-order valence-corrected chi connectivity index (χ4v) is 9.65. The number of allylic oxidation sites excluding steroid dienone is 11. The number of carbonyl (C=O) groups excluding carboxylic acids is 2. The number of rotatable bonds is 57. The molecule has 0 radical (unpaired) electrons. The van der Waals surface area contributed by atoms with Crippen LogP contribution in [0.2, 0.25) is 0 Å². The fourth-order valence-electron chi connectivity index (χ4n) is 8.92. The molecular weight excluding hydrogens is 964 g/mol. The molecule has 0 aromatic heterocycles. The van der Waals surface area contributed by atoms with Gasteiger partial charge in [-0.05, 0) is 102 Å². The van der Waals surface area contributed by atoms with Crippen molar-refractivity contribution in [2.24, 2.45) is 0 Å². The van der Waals surface area contributed by atoms with E-state index in [1.165, 1.54) is 148 Å². The van der Waals surface area contributed by atoms with Crippen LogP contribution in [0.5, 0.6) is 0 Å². The van der Waals surface area contributed by atoms with Crippen molar-refractivity contribution < 1.29 is 37.3 Å². The van der Waals surface area contributed by atoms with Gasteiger partial charge >= 0.3 is 13.8 Å². The maximum atomic E-state index is 13.6. The Bertz CT molecular complexity index is 1530. The van der Waals surface area contributed by atoms with Crippen LogP contribution < -0.4 is 5.32 Å². The molecule has 0 fully saturated rings. The molecule has 3 unspecified atom stereocenters. The number of nitrogens with one attached hydrogen (secondary N) is 1. The highest BCUT2D eigenvalue weighted by Crippen LogP contribution is 2.43. The number of carbonyl (C=O) groups is 2. The van der Waals surface area contributed by atoms with E-state index in [1.54, 1.807) is 0 Å². The van der Waals surface area contributed by atoms with E-state index in [0.29, 0.717) is 17.4 Å². The maximum Gasteiger partial charge on any atom is 0.472 e. The van der Waals surface area contributed by atoms with E-state index < -0.39 is 20.0 Å². The van der Waals surface area contributed by atoms with E-state index in [1.807, 2.05) is 33.3 Å². The summed E-state index contributed by atoms with van der Waals surface area (Å²) in [5.74, 6) is -0.519. The quantitative estimate of drug-likeness (QED) is 0.0205. The molecule has 0 aliphatic carbocycles. The molecule has 1 amide bonds. The van der Waals surface area contributed by atoms with Gasteiger partial charge in [-0.25, -0.2) is 4.57 Å². The van der Waals surface area contributed by atoms with Crippen LogP contribution in [-0.4, -0.2) is 74.3 Å². The lowest BCUT2D eigenvalue weighted by atomic mass is 10.0. The molecule has 0 aromatic rings. The Hall–Kier alpha value is -2.55. The number of hydrogen-bond donors (Lipinski definition) is 2. The molecule has 0 saturated carbocycles. The van der Waals surface area contributed by atoms with Crippen LogP contribution in [0.15, 0.2) is 72.9 Å². The lowest BCUT2D eigenvalue weighted by Crippen LogP contribution is -2.47. The van der Waals surface area contributed by atoms with E-state index >= 15 is 0 Å². The molecule has 0 bridgehead atoms. The van der Waals surface area contributed by atoms with Crippen LogP contribution >= 0.6 is 7.82 Å². The van der Waals surface area contributed by atoms with E-state index in [0.717, 1.165) is 103 Å². The summed E-state index contributed by atoms with van der Waals surface area (Å²) >= 11 is 0. The second kappa shape index (κ2) is 55.8. The number of amides is 1. The van der Waals surface area contributed by atoms with Crippen LogP contribution in [0.25, 0.3) is 0 Å². The largest absolute Gasteiger partial charge is 0.472 e. The van der Waals surface area contributed by atoms with Gasteiger partial charge in [-0.15, -0.1) is 0 Å². The first-order valence-corrected chi connectivity index (χ1v) is 33.3. The van der Waals surface area contributed by atoms with Gasteiger partial charge in [0.25, 0.3) is 0 Å². The number of ether oxygens (including phenoxy) is 1. The lowest BCUT2D eigenvalue weighted by Gasteiger charge is -2.27. The molecule has 442 valence electrons. The highest BCUT2D eigenvalue weighted by Gasteiger charge is 2.30. The molecule has 0 saturated heterocycles. The van der Waals surface area contributed by atoms with Crippen molar-refractivity contribution in [2.75, 3.05) is 40.9 Å². The fraction of sp³-hybridized carbons (Fsp3) is 0.788. The third-order valence-corrected chi connectivity index (χ3v) is 14.9. The Morgan fingerprint density at radius 3 is 1.22 bits per heavy atom. The molecule has 3 atom stereocenters. The van der Waals surface area contributed by atoms with Gasteiger partial charge in [-0.3, -0.25) is 18.6 Å². The van der Waals surface area contributed by atoms with E-state index in [-0.39, 0.29) is 31.5 Å². The van der Waals surface area contributed by atoms with Crippen LogP contribution in [0.3, 0.4) is 0 Å². The lowest BCUT2D eigenvalue weighted by molar-refractivity contribution is -0.870. The summed E-state index contributed by atoms with van der Waals surface area (Å²) < 4.78 is 30.7. The average Bonchev–Trinajstić information content (AvgIpc) is 3.38. The highest BCUT2D eigenvalue weighted by atomic mass is 31.2. The first kappa shape index (κ1) is 73.5. The van der Waals surface area contributed by atoms with Gasteiger partial charge in [0.2, 0.25) is 5.91 Å². The van der Waals surface area contributed by atoms with Crippen LogP contribution in [0, 0.1) is 0 Å². The second-order valence-corrected chi connectivity index (χ2v) is 24.0. The Balaban J connectivity index is 5.25. The molecule has 0 aliphatic heterocycles. The Morgan fingerprint density at radius 1 is 0.461 bits per heavy atom. The van der Waals surface area contributed by atoms with E-state index in [2.05, 4.69) is 86.8 Å². The van der Waals surface area contributed by atoms with Gasteiger partial charge in [0, 0.05) is 12.8 Å². The second-order valence-electron chi connectivity index (χ2n) is 22.6. The van der Waals surface area contributed by atoms with Gasteiger partial charge in [-0.2, -0.15) is 0 Å². The van der Waals surface area contributed by atoms with Gasteiger partial charge in [-0.1, -0.05) is 242 Å². The predicted molar refractivity (Wildman–Crippen MR) is 328 cm³/mol. The number of phosphoric ester groups is 1. The highest BCUT2D eigenvalue weighted by molar-refractivity contribution is 7.47. The summed E-state index contributed by atoms with van der Waals surface area (Å²) in [7, 11) is 1.48. The van der Waals surface area contributed by atoms with Gasteiger partial charge in [0.1, 0.15) is 19.3 Å². The molecular formula is C66H122N2O7P+. The smallest absolute Gasteiger partial charge is 0.456 e. The number of esters is 1. The Morgan fingerprint density at radius 2 is 0.803 bits per heavy atom. The molecule has 0 aromatic carbocycles. The topological polar surface area (TPSA) is 111 Å². The molecule has 9 nitrogen and oxygen atoms in total. The Kier molecular flexibility index (Phi) is 53.9. The summed E-state index contributed by atoms with van der Waals surface area (Å²) in [4.78, 5) is 37.7. The first-order valence-electron chi connectivity index (χ1n) is 31.8. The number of phosphoric acid groups is 1. The Labute approximate surface area is 470 Å². The molecule has 0 rings (SSSR count). The summed E-state index contributed by atoms with van der Waals surface area (Å²) in [6, 6.07) is -0.858. The normalized spacial score (nSPS) is 14.1. The maximum absolute atomic E-state index is 13.6. The molecule has 0 spiro atoms. The number of hydrogen-bond acceptors (Lipinski definition) is 6. The van der Waals surface area contributed by atoms with Crippen LogP contribution in [-0.2, 0) is 27.9 Å². The molecule has 2 N–H and O–H groups in total. The zero-order valence-electron chi connectivity index (χ0n) is 50.5. The number of nitrogens with zero attached hydrogens (tertiary/aromatic N) is 1. The SMILES string of the molecule is CCCCC/C=C\C/C=C\C/C=C\CCCCCCCCCCC(=O)NC(COP(=O)(O)OCC[N+](C)(C)C)C(/C=C\CCCCCCCCCCCC)OC(=O)CCCCCCCCC/C=C\C/C=C\CCCCC. The average molecular weight is 1090 g/mol. The summed E-state index contributed by atoms with van der Waals surface area (Å²) in [5, 5.41) is 3.05. The number of unbranched alkanes of at least 4 members (excludes halogenated alkanes) is 31. The zero-order chi connectivity index (χ0) is 55.7. The van der Waals surface area contributed by atoms with Crippen molar-refractivity contribution in [3.05, 3.63) is 72.9 Å². The number of likely N-dealkylation sites (N-methyl/N-ethyl adjacent to an activating group) is 1. The minimum Gasteiger partial charge on any atom is -0.456 e. The minimum atomic E-state index is -4.45. The van der Waals surface area contributed by atoms with E-state index in [4.69, 9.17) is 13.8 Å². The van der Waals surface area contributed by atoms with Crippen molar-refractivity contribution in [1.29, 1.82) is 0 Å². The third kappa shape index (κ3) is 56.2. The van der Waals surface area contributed by atoms with Crippen LogP contribution in [0.1, 0.15) is 284 Å². The zero-order valence-corrected chi connectivity index (χ0v) is 51.4. The van der Waals surface area contributed by atoms with E-state index in [9.17, 15) is 19.0 Å². The third-order valence-electron chi connectivity index (χ3n) is 13.9.